The van der Waals surface area contributed by atoms with E-state index < -0.39 is 0 Å². The Morgan fingerprint density at radius 2 is 1.37 bits per heavy atom. The molecular formula is C26H32O. The van der Waals surface area contributed by atoms with Crippen molar-refractivity contribution in [2.75, 3.05) is 0 Å². The van der Waals surface area contributed by atoms with E-state index in [9.17, 15) is 0 Å². The maximum atomic E-state index is 6.39. The lowest BCUT2D eigenvalue weighted by atomic mass is 9.80. The van der Waals surface area contributed by atoms with Gasteiger partial charge in [0.2, 0.25) is 0 Å². The van der Waals surface area contributed by atoms with Crippen molar-refractivity contribution in [3.8, 4) is 5.75 Å². The van der Waals surface area contributed by atoms with Crippen molar-refractivity contribution in [2.45, 2.75) is 53.1 Å². The third-order valence-electron chi connectivity index (χ3n) is 5.42. The molecule has 1 nitrogen and oxygen atoms in total. The zero-order valence-electron chi connectivity index (χ0n) is 17.3. The highest BCUT2D eigenvalue weighted by molar-refractivity contribution is 5.91. The second kappa shape index (κ2) is 8.61. The smallest absolute Gasteiger partial charge is 0.128 e. The van der Waals surface area contributed by atoms with E-state index in [-0.39, 0.29) is 6.10 Å². The molecule has 3 aromatic rings. The zero-order chi connectivity index (χ0) is 19.4. The Hall–Kier alpha value is -2.28. The second-order valence-electron chi connectivity index (χ2n) is 8.35. The first-order chi connectivity index (χ1) is 13.0. The maximum Gasteiger partial charge on any atom is 0.128 e. The Labute approximate surface area is 164 Å². The summed E-state index contributed by atoms with van der Waals surface area (Å²) in [5.74, 6) is 2.84. The summed E-state index contributed by atoms with van der Waals surface area (Å²) in [5.41, 5.74) is 2.65. The highest BCUT2D eigenvalue weighted by Gasteiger charge is 2.20. The van der Waals surface area contributed by atoms with Crippen LogP contribution in [-0.2, 0) is 0 Å². The Kier molecular flexibility index (Phi) is 6.21. The molecule has 0 amide bonds. The molecule has 0 spiro atoms. The minimum Gasteiger partial charge on any atom is -0.485 e. The van der Waals surface area contributed by atoms with Crippen LogP contribution in [0.1, 0.15) is 64.2 Å². The molecule has 27 heavy (non-hydrogen) atoms. The summed E-state index contributed by atoms with van der Waals surface area (Å²) < 4.78 is 6.39. The molecule has 0 saturated heterocycles. The topological polar surface area (TPSA) is 9.23 Å². The summed E-state index contributed by atoms with van der Waals surface area (Å²) in [6.45, 7) is 11.4. The molecule has 3 rings (SSSR count). The van der Waals surface area contributed by atoms with Crippen LogP contribution in [0.25, 0.3) is 10.8 Å². The molecule has 0 aromatic heterocycles. The third kappa shape index (κ3) is 4.53. The molecule has 142 valence electrons. The number of benzene rings is 3. The first kappa shape index (κ1) is 19.5. The molecule has 0 N–H and O–H groups in total. The van der Waals surface area contributed by atoms with Crippen LogP contribution in [0.3, 0.4) is 0 Å². The fourth-order valence-corrected chi connectivity index (χ4v) is 3.98. The lowest BCUT2D eigenvalue weighted by Crippen LogP contribution is -2.10. The Balaban J connectivity index is 1.99. The molecular weight excluding hydrogens is 328 g/mol. The van der Waals surface area contributed by atoms with Gasteiger partial charge in [-0.1, -0.05) is 88.4 Å². The summed E-state index contributed by atoms with van der Waals surface area (Å²) in [5, 5.41) is 2.54. The van der Waals surface area contributed by atoms with E-state index in [1.165, 1.54) is 28.3 Å². The van der Waals surface area contributed by atoms with Gasteiger partial charge in [-0.15, -0.1) is 0 Å². The summed E-state index contributed by atoms with van der Waals surface area (Å²) in [6.07, 6.45) is 1.24. The van der Waals surface area contributed by atoms with Gasteiger partial charge in [0, 0.05) is 5.39 Å². The molecule has 2 unspecified atom stereocenters. The van der Waals surface area contributed by atoms with Crippen molar-refractivity contribution in [3.05, 3.63) is 77.9 Å². The number of hydrogen-bond donors (Lipinski definition) is 0. The first-order valence-electron chi connectivity index (χ1n) is 10.2. The van der Waals surface area contributed by atoms with Gasteiger partial charge in [0.15, 0.2) is 0 Å². The first-order valence-corrected chi connectivity index (χ1v) is 10.2. The lowest BCUT2D eigenvalue weighted by Gasteiger charge is -2.25. The molecule has 0 aliphatic rings. The average Bonchev–Trinajstić information content (AvgIpc) is 2.66. The Bertz CT molecular complexity index is 864. The van der Waals surface area contributed by atoms with Gasteiger partial charge in [-0.3, -0.25) is 0 Å². The van der Waals surface area contributed by atoms with E-state index in [0.29, 0.717) is 17.8 Å². The van der Waals surface area contributed by atoms with E-state index in [1.807, 2.05) is 6.07 Å². The minimum absolute atomic E-state index is 0.0250. The largest absolute Gasteiger partial charge is 0.485 e. The quantitative estimate of drug-likeness (QED) is 0.418. The van der Waals surface area contributed by atoms with E-state index in [2.05, 4.69) is 95.3 Å². The van der Waals surface area contributed by atoms with Crippen LogP contribution in [0.2, 0.25) is 0 Å². The van der Waals surface area contributed by atoms with E-state index in [1.54, 1.807) is 0 Å². The van der Waals surface area contributed by atoms with Gasteiger partial charge in [-0.25, -0.2) is 0 Å². The van der Waals surface area contributed by atoms with Crippen molar-refractivity contribution in [1.82, 2.24) is 0 Å². The molecule has 1 heteroatoms. The number of fused-ring (bicyclic) bond motifs is 1. The van der Waals surface area contributed by atoms with Crippen LogP contribution < -0.4 is 4.74 Å². The summed E-state index contributed by atoms with van der Waals surface area (Å²) >= 11 is 0. The third-order valence-corrected chi connectivity index (χ3v) is 5.42. The monoisotopic (exact) mass is 360 g/mol. The van der Waals surface area contributed by atoms with Gasteiger partial charge >= 0.3 is 0 Å². The lowest BCUT2D eigenvalue weighted by molar-refractivity contribution is 0.230. The van der Waals surface area contributed by atoms with E-state index in [0.717, 1.165) is 5.75 Å². The number of ether oxygens (including phenoxy) is 1. The van der Waals surface area contributed by atoms with Crippen LogP contribution in [-0.4, -0.2) is 0 Å². The summed E-state index contributed by atoms with van der Waals surface area (Å²) in [4.78, 5) is 0. The van der Waals surface area contributed by atoms with Crippen LogP contribution in [0, 0.1) is 11.8 Å². The van der Waals surface area contributed by atoms with E-state index in [4.69, 9.17) is 4.74 Å². The van der Waals surface area contributed by atoms with Crippen molar-refractivity contribution in [3.63, 3.8) is 0 Å². The summed E-state index contributed by atoms with van der Waals surface area (Å²) in [7, 11) is 0. The molecule has 0 heterocycles. The summed E-state index contributed by atoms with van der Waals surface area (Å²) in [6, 6.07) is 23.6. The van der Waals surface area contributed by atoms with E-state index >= 15 is 0 Å². The van der Waals surface area contributed by atoms with Gasteiger partial charge in [0.05, 0.1) is 0 Å². The van der Waals surface area contributed by atoms with Crippen molar-refractivity contribution in [2.24, 2.45) is 11.8 Å². The molecule has 0 aliphatic heterocycles. The van der Waals surface area contributed by atoms with Gasteiger partial charge in [-0.2, -0.15) is 0 Å². The Morgan fingerprint density at radius 3 is 2.04 bits per heavy atom. The average molecular weight is 361 g/mol. The van der Waals surface area contributed by atoms with Crippen molar-refractivity contribution >= 4 is 10.8 Å². The molecule has 0 fully saturated rings. The normalized spacial score (nSPS) is 13.9. The van der Waals surface area contributed by atoms with Gasteiger partial charge in [0.1, 0.15) is 11.9 Å². The van der Waals surface area contributed by atoms with Crippen LogP contribution in [0.15, 0.2) is 66.7 Å². The van der Waals surface area contributed by atoms with Crippen LogP contribution in [0.5, 0.6) is 5.75 Å². The molecule has 0 aliphatic carbocycles. The molecule has 0 bridgehead atoms. The SMILES string of the molecule is CC(C)CC(c1cccc2c(OC(C)c3ccccc3)cccc12)C(C)C. The number of rotatable bonds is 7. The highest BCUT2D eigenvalue weighted by Crippen LogP contribution is 2.38. The van der Waals surface area contributed by atoms with Crippen LogP contribution >= 0.6 is 0 Å². The second-order valence-corrected chi connectivity index (χ2v) is 8.35. The zero-order valence-corrected chi connectivity index (χ0v) is 17.3. The van der Waals surface area contributed by atoms with Gasteiger partial charge < -0.3 is 4.74 Å². The van der Waals surface area contributed by atoms with Gasteiger partial charge in [-0.05, 0) is 53.7 Å². The van der Waals surface area contributed by atoms with Crippen molar-refractivity contribution < 1.29 is 4.74 Å². The predicted octanol–water partition coefficient (Wildman–Crippen LogP) is 7.77. The van der Waals surface area contributed by atoms with Crippen molar-refractivity contribution in [1.29, 1.82) is 0 Å². The standard InChI is InChI=1S/C26H32O/c1-18(2)17-25(19(3)4)23-13-9-15-24-22(23)14-10-16-26(24)27-20(5)21-11-7-6-8-12-21/h6-16,18-20,25H,17H2,1-5H3. The fraction of sp³-hybridized carbons (Fsp3) is 0.385. The molecule has 0 saturated carbocycles. The molecule has 2 atom stereocenters. The van der Waals surface area contributed by atoms with Crippen LogP contribution in [0.4, 0.5) is 0 Å². The maximum absolute atomic E-state index is 6.39. The highest BCUT2D eigenvalue weighted by atomic mass is 16.5. The van der Waals surface area contributed by atoms with Gasteiger partial charge in [0.25, 0.3) is 0 Å². The molecule has 3 aromatic carbocycles. The fourth-order valence-electron chi connectivity index (χ4n) is 3.98. The Morgan fingerprint density at radius 1 is 0.704 bits per heavy atom. The number of hydrogen-bond acceptors (Lipinski definition) is 1. The predicted molar refractivity (Wildman–Crippen MR) is 116 cm³/mol. The minimum atomic E-state index is 0.0250. The molecule has 0 radical (unpaired) electrons.